The maximum absolute atomic E-state index is 12.7. The molecule has 28 heavy (non-hydrogen) atoms. The predicted molar refractivity (Wildman–Crippen MR) is 108 cm³/mol. The lowest BCUT2D eigenvalue weighted by atomic mass is 10.1. The number of carbonyl (C=O) groups is 2. The molecule has 5 heteroatoms. The maximum Gasteiger partial charge on any atom is 0.268 e. The standard InChI is InChI=1S/C23H22N2O3/c1-16-6-3-8-18(12-16)15-24-23(27)21(14-20-10-5-11-28-20)25-22(26)19-9-4-7-17(2)13-19/h3-14H,15H2,1-2H3,(H,24,27)(H,25,26)/b21-14-. The average molecular weight is 374 g/mol. The summed E-state index contributed by atoms with van der Waals surface area (Å²) in [7, 11) is 0. The van der Waals surface area contributed by atoms with Gasteiger partial charge in [-0.05, 0) is 43.7 Å². The first-order valence-corrected chi connectivity index (χ1v) is 8.98. The molecular formula is C23H22N2O3. The Labute approximate surface area is 164 Å². The zero-order valence-corrected chi connectivity index (χ0v) is 15.9. The molecule has 1 heterocycles. The number of furan rings is 1. The molecule has 0 fully saturated rings. The summed E-state index contributed by atoms with van der Waals surface area (Å²) in [6.07, 6.45) is 3.02. The van der Waals surface area contributed by atoms with Crippen LogP contribution in [-0.2, 0) is 11.3 Å². The van der Waals surface area contributed by atoms with Crippen molar-refractivity contribution in [2.24, 2.45) is 0 Å². The number of nitrogens with one attached hydrogen (secondary N) is 2. The number of benzene rings is 2. The predicted octanol–water partition coefficient (Wildman–Crippen LogP) is 3.98. The minimum Gasteiger partial charge on any atom is -0.465 e. The molecule has 142 valence electrons. The molecule has 0 atom stereocenters. The smallest absolute Gasteiger partial charge is 0.268 e. The van der Waals surface area contributed by atoms with Gasteiger partial charge in [-0.2, -0.15) is 0 Å². The topological polar surface area (TPSA) is 71.3 Å². The van der Waals surface area contributed by atoms with Crippen molar-refractivity contribution in [3.05, 3.63) is 101 Å². The molecule has 2 amide bonds. The summed E-state index contributed by atoms with van der Waals surface area (Å²) in [5.41, 5.74) is 3.67. The van der Waals surface area contributed by atoms with Crippen LogP contribution in [0.4, 0.5) is 0 Å². The minimum absolute atomic E-state index is 0.120. The summed E-state index contributed by atoms with van der Waals surface area (Å²) >= 11 is 0. The Morgan fingerprint density at radius 2 is 1.71 bits per heavy atom. The van der Waals surface area contributed by atoms with E-state index >= 15 is 0 Å². The molecule has 3 aromatic rings. The van der Waals surface area contributed by atoms with Gasteiger partial charge in [-0.25, -0.2) is 0 Å². The van der Waals surface area contributed by atoms with Crippen molar-refractivity contribution in [3.63, 3.8) is 0 Å². The number of hydrogen-bond acceptors (Lipinski definition) is 3. The van der Waals surface area contributed by atoms with Gasteiger partial charge in [-0.3, -0.25) is 9.59 Å². The lowest BCUT2D eigenvalue weighted by Gasteiger charge is -2.11. The first-order valence-electron chi connectivity index (χ1n) is 8.98. The molecule has 2 N–H and O–H groups in total. The van der Waals surface area contributed by atoms with E-state index in [0.717, 1.165) is 16.7 Å². The molecule has 0 spiro atoms. The number of aryl methyl sites for hydroxylation is 2. The third-order valence-electron chi connectivity index (χ3n) is 4.14. The Hall–Kier alpha value is -3.60. The fraction of sp³-hybridized carbons (Fsp3) is 0.130. The van der Waals surface area contributed by atoms with Gasteiger partial charge in [0, 0.05) is 18.2 Å². The van der Waals surface area contributed by atoms with Crippen LogP contribution in [-0.4, -0.2) is 11.8 Å². The van der Waals surface area contributed by atoms with Crippen LogP contribution < -0.4 is 10.6 Å². The summed E-state index contributed by atoms with van der Waals surface area (Å²) in [5, 5.41) is 5.54. The van der Waals surface area contributed by atoms with Crippen LogP contribution >= 0.6 is 0 Å². The molecule has 0 aliphatic heterocycles. The summed E-state index contributed by atoms with van der Waals surface area (Å²) in [6, 6.07) is 18.5. The van der Waals surface area contributed by atoms with E-state index in [-0.39, 0.29) is 17.5 Å². The number of hydrogen-bond donors (Lipinski definition) is 2. The molecule has 0 bridgehead atoms. The van der Waals surface area contributed by atoms with Crippen LogP contribution in [0.15, 0.2) is 77.0 Å². The minimum atomic E-state index is -0.390. The molecular weight excluding hydrogens is 352 g/mol. The van der Waals surface area contributed by atoms with Crippen LogP contribution in [0.3, 0.4) is 0 Å². The fourth-order valence-corrected chi connectivity index (χ4v) is 2.75. The van der Waals surface area contributed by atoms with Crippen LogP contribution in [0.5, 0.6) is 0 Å². The molecule has 3 rings (SSSR count). The van der Waals surface area contributed by atoms with Gasteiger partial charge in [0.1, 0.15) is 11.5 Å². The molecule has 0 saturated heterocycles. The highest BCUT2D eigenvalue weighted by Gasteiger charge is 2.15. The normalized spacial score (nSPS) is 11.1. The first-order chi connectivity index (χ1) is 13.5. The quantitative estimate of drug-likeness (QED) is 0.641. The highest BCUT2D eigenvalue weighted by Crippen LogP contribution is 2.10. The van der Waals surface area contributed by atoms with Gasteiger partial charge in [0.2, 0.25) is 0 Å². The molecule has 0 unspecified atom stereocenters. The Balaban J connectivity index is 1.77. The maximum atomic E-state index is 12.7. The Morgan fingerprint density at radius 3 is 2.39 bits per heavy atom. The third kappa shape index (κ3) is 5.20. The number of amides is 2. The van der Waals surface area contributed by atoms with Crippen molar-refractivity contribution in [2.75, 3.05) is 0 Å². The molecule has 0 saturated carbocycles. The van der Waals surface area contributed by atoms with Crippen molar-refractivity contribution in [1.82, 2.24) is 10.6 Å². The Kier molecular flexibility index (Phi) is 6.07. The van der Waals surface area contributed by atoms with Gasteiger partial charge in [-0.1, -0.05) is 47.5 Å². The zero-order chi connectivity index (χ0) is 19.9. The monoisotopic (exact) mass is 374 g/mol. The van der Waals surface area contributed by atoms with E-state index in [1.54, 1.807) is 30.3 Å². The van der Waals surface area contributed by atoms with E-state index in [9.17, 15) is 9.59 Å². The van der Waals surface area contributed by atoms with Crippen molar-refractivity contribution in [3.8, 4) is 0 Å². The summed E-state index contributed by atoms with van der Waals surface area (Å²) in [4.78, 5) is 25.3. The van der Waals surface area contributed by atoms with E-state index in [4.69, 9.17) is 4.42 Å². The first kappa shape index (κ1) is 19.2. The van der Waals surface area contributed by atoms with Crippen LogP contribution in [0.25, 0.3) is 6.08 Å². The van der Waals surface area contributed by atoms with Gasteiger partial charge >= 0.3 is 0 Å². The summed E-state index contributed by atoms with van der Waals surface area (Å²) in [5.74, 6) is -0.267. The van der Waals surface area contributed by atoms with Gasteiger partial charge in [0.15, 0.2) is 0 Å². The molecule has 1 aromatic heterocycles. The van der Waals surface area contributed by atoms with Gasteiger partial charge < -0.3 is 15.1 Å². The van der Waals surface area contributed by atoms with Crippen LogP contribution in [0.2, 0.25) is 0 Å². The second-order valence-electron chi connectivity index (χ2n) is 6.57. The summed E-state index contributed by atoms with van der Waals surface area (Å²) < 4.78 is 5.29. The Morgan fingerprint density at radius 1 is 0.964 bits per heavy atom. The largest absolute Gasteiger partial charge is 0.465 e. The van der Waals surface area contributed by atoms with Crippen LogP contribution in [0.1, 0.15) is 32.8 Å². The molecule has 0 aliphatic carbocycles. The fourth-order valence-electron chi connectivity index (χ4n) is 2.75. The SMILES string of the molecule is Cc1cccc(CNC(=O)/C(=C/c2ccco2)NC(=O)c2cccc(C)c2)c1. The van der Waals surface area contributed by atoms with Gasteiger partial charge in [0.05, 0.1) is 6.26 Å². The zero-order valence-electron chi connectivity index (χ0n) is 15.9. The highest BCUT2D eigenvalue weighted by atomic mass is 16.3. The number of rotatable bonds is 6. The van der Waals surface area contributed by atoms with E-state index in [2.05, 4.69) is 10.6 Å². The highest BCUT2D eigenvalue weighted by molar-refractivity contribution is 6.05. The van der Waals surface area contributed by atoms with E-state index in [1.807, 2.05) is 44.2 Å². The van der Waals surface area contributed by atoms with E-state index < -0.39 is 0 Å². The second kappa shape index (κ2) is 8.86. The average Bonchev–Trinajstić information content (AvgIpc) is 3.19. The van der Waals surface area contributed by atoms with Crippen molar-refractivity contribution < 1.29 is 14.0 Å². The van der Waals surface area contributed by atoms with Gasteiger partial charge in [-0.15, -0.1) is 0 Å². The Bertz CT molecular complexity index is 1000. The van der Waals surface area contributed by atoms with Gasteiger partial charge in [0.25, 0.3) is 11.8 Å². The molecule has 0 radical (unpaired) electrons. The summed E-state index contributed by atoms with van der Waals surface area (Å²) in [6.45, 7) is 4.26. The third-order valence-corrected chi connectivity index (χ3v) is 4.14. The lowest BCUT2D eigenvalue weighted by Crippen LogP contribution is -2.34. The van der Waals surface area contributed by atoms with Crippen molar-refractivity contribution in [1.29, 1.82) is 0 Å². The molecule has 5 nitrogen and oxygen atoms in total. The lowest BCUT2D eigenvalue weighted by molar-refractivity contribution is -0.117. The molecule has 2 aromatic carbocycles. The van der Waals surface area contributed by atoms with Crippen molar-refractivity contribution in [2.45, 2.75) is 20.4 Å². The number of carbonyl (C=O) groups excluding carboxylic acids is 2. The van der Waals surface area contributed by atoms with E-state index in [0.29, 0.717) is 17.9 Å². The van der Waals surface area contributed by atoms with Crippen LogP contribution in [0, 0.1) is 13.8 Å². The van der Waals surface area contributed by atoms with Crippen molar-refractivity contribution >= 4 is 17.9 Å². The van der Waals surface area contributed by atoms with E-state index in [1.165, 1.54) is 12.3 Å². The second-order valence-corrected chi connectivity index (χ2v) is 6.57. The molecule has 0 aliphatic rings.